The molecule has 1 rings (SSSR count). The molecule has 0 aromatic carbocycles. The lowest BCUT2D eigenvalue weighted by Gasteiger charge is -2.17. The number of esters is 1. The number of ether oxygens (including phenoxy) is 1. The van der Waals surface area contributed by atoms with E-state index in [9.17, 15) is 4.79 Å². The SMILES string of the molecule is CCCC1CCCC/C=C/CCCC(=O)OCCN1. The standard InChI is InChI=1S/C16H29NO2/c1-2-10-15-11-8-6-4-3-5-7-9-12-16(18)19-14-13-17-15/h3,5,15,17H,2,4,6-14H2,1H3/b5-3+. The summed E-state index contributed by atoms with van der Waals surface area (Å²) in [6.45, 7) is 3.52. The van der Waals surface area contributed by atoms with Crippen LogP contribution in [0.4, 0.5) is 0 Å². The summed E-state index contributed by atoms with van der Waals surface area (Å²) in [6.07, 6.45) is 14.3. The lowest BCUT2D eigenvalue weighted by atomic mass is 10.0. The first-order valence-electron chi connectivity index (χ1n) is 7.87. The minimum Gasteiger partial charge on any atom is -0.464 e. The summed E-state index contributed by atoms with van der Waals surface area (Å²) in [6, 6.07) is 0.581. The van der Waals surface area contributed by atoms with Crippen molar-refractivity contribution >= 4 is 5.97 Å². The van der Waals surface area contributed by atoms with Crippen molar-refractivity contribution in [3.8, 4) is 0 Å². The second kappa shape index (κ2) is 11.0. The van der Waals surface area contributed by atoms with Crippen molar-refractivity contribution < 1.29 is 9.53 Å². The first kappa shape index (κ1) is 16.2. The first-order valence-corrected chi connectivity index (χ1v) is 7.87. The topological polar surface area (TPSA) is 38.3 Å². The number of hydrogen-bond acceptors (Lipinski definition) is 3. The molecule has 1 N–H and O–H groups in total. The lowest BCUT2D eigenvalue weighted by Crippen LogP contribution is -2.32. The quantitative estimate of drug-likeness (QED) is 0.614. The van der Waals surface area contributed by atoms with E-state index in [1.165, 1.54) is 38.5 Å². The third kappa shape index (κ3) is 8.82. The summed E-state index contributed by atoms with van der Waals surface area (Å²) in [4.78, 5) is 11.5. The number of allylic oxidation sites excluding steroid dienone is 2. The van der Waals surface area contributed by atoms with Gasteiger partial charge in [-0.1, -0.05) is 31.9 Å². The van der Waals surface area contributed by atoms with Gasteiger partial charge in [0.2, 0.25) is 0 Å². The Kier molecular flexibility index (Phi) is 9.42. The number of carbonyl (C=O) groups is 1. The molecule has 1 aliphatic rings. The highest BCUT2D eigenvalue weighted by Gasteiger charge is 2.07. The van der Waals surface area contributed by atoms with Crippen molar-refractivity contribution in [2.45, 2.75) is 70.8 Å². The number of nitrogens with one attached hydrogen (secondary N) is 1. The molecular weight excluding hydrogens is 238 g/mol. The maximum absolute atomic E-state index is 11.5. The van der Waals surface area contributed by atoms with Crippen LogP contribution in [-0.2, 0) is 9.53 Å². The van der Waals surface area contributed by atoms with Gasteiger partial charge in [-0.05, 0) is 38.5 Å². The van der Waals surface area contributed by atoms with Crippen molar-refractivity contribution in [1.29, 1.82) is 0 Å². The molecule has 1 heterocycles. The van der Waals surface area contributed by atoms with Crippen LogP contribution in [-0.4, -0.2) is 25.2 Å². The van der Waals surface area contributed by atoms with Crippen LogP contribution in [0.2, 0.25) is 0 Å². The van der Waals surface area contributed by atoms with Crippen LogP contribution < -0.4 is 5.32 Å². The molecule has 3 heteroatoms. The molecule has 0 aliphatic carbocycles. The second-order valence-electron chi connectivity index (χ2n) is 5.31. The van der Waals surface area contributed by atoms with Crippen LogP contribution in [0.1, 0.15) is 64.7 Å². The van der Waals surface area contributed by atoms with Gasteiger partial charge < -0.3 is 10.1 Å². The molecule has 1 unspecified atom stereocenters. The van der Waals surface area contributed by atoms with E-state index in [1.807, 2.05) is 0 Å². The molecule has 0 aromatic rings. The van der Waals surface area contributed by atoms with Crippen molar-refractivity contribution in [2.75, 3.05) is 13.2 Å². The summed E-state index contributed by atoms with van der Waals surface area (Å²) in [5, 5.41) is 3.52. The van der Waals surface area contributed by atoms with Gasteiger partial charge in [0.15, 0.2) is 0 Å². The molecule has 1 atom stereocenters. The fourth-order valence-electron chi connectivity index (χ4n) is 2.45. The summed E-state index contributed by atoms with van der Waals surface area (Å²) >= 11 is 0. The van der Waals surface area contributed by atoms with Crippen LogP contribution in [0.5, 0.6) is 0 Å². The zero-order valence-corrected chi connectivity index (χ0v) is 12.3. The molecule has 0 saturated carbocycles. The fraction of sp³-hybridized carbons (Fsp3) is 0.812. The van der Waals surface area contributed by atoms with Crippen molar-refractivity contribution in [3.63, 3.8) is 0 Å². The average molecular weight is 267 g/mol. The smallest absolute Gasteiger partial charge is 0.305 e. The van der Waals surface area contributed by atoms with E-state index in [2.05, 4.69) is 24.4 Å². The zero-order valence-electron chi connectivity index (χ0n) is 12.3. The molecule has 0 fully saturated rings. The van der Waals surface area contributed by atoms with Gasteiger partial charge in [0.05, 0.1) is 0 Å². The minimum absolute atomic E-state index is 0.0582. The van der Waals surface area contributed by atoms with Gasteiger partial charge in [-0.2, -0.15) is 0 Å². The molecule has 0 aromatic heterocycles. The number of rotatable bonds is 2. The highest BCUT2D eigenvalue weighted by Crippen LogP contribution is 2.10. The van der Waals surface area contributed by atoms with Gasteiger partial charge in [0.1, 0.15) is 6.61 Å². The molecule has 0 bridgehead atoms. The van der Waals surface area contributed by atoms with E-state index in [1.54, 1.807) is 0 Å². The van der Waals surface area contributed by atoms with E-state index < -0.39 is 0 Å². The van der Waals surface area contributed by atoms with Gasteiger partial charge in [-0.15, -0.1) is 0 Å². The van der Waals surface area contributed by atoms with Crippen LogP contribution >= 0.6 is 0 Å². The van der Waals surface area contributed by atoms with E-state index in [4.69, 9.17) is 4.74 Å². The largest absolute Gasteiger partial charge is 0.464 e. The van der Waals surface area contributed by atoms with Crippen molar-refractivity contribution in [3.05, 3.63) is 12.2 Å². The highest BCUT2D eigenvalue weighted by molar-refractivity contribution is 5.69. The molecule has 19 heavy (non-hydrogen) atoms. The number of cyclic esters (lactones) is 1. The Bertz CT molecular complexity index is 263. The van der Waals surface area contributed by atoms with Gasteiger partial charge in [-0.3, -0.25) is 4.79 Å². The first-order chi connectivity index (χ1) is 9.33. The van der Waals surface area contributed by atoms with Gasteiger partial charge in [-0.25, -0.2) is 0 Å². The molecule has 0 saturated heterocycles. The number of hydrogen-bond donors (Lipinski definition) is 1. The van der Waals surface area contributed by atoms with Crippen LogP contribution in [0, 0.1) is 0 Å². The van der Waals surface area contributed by atoms with E-state index in [0.717, 1.165) is 19.4 Å². The third-order valence-electron chi connectivity index (χ3n) is 3.53. The Morgan fingerprint density at radius 1 is 1.26 bits per heavy atom. The number of carbonyl (C=O) groups excluding carboxylic acids is 1. The predicted molar refractivity (Wildman–Crippen MR) is 79.1 cm³/mol. The summed E-state index contributed by atoms with van der Waals surface area (Å²) in [7, 11) is 0. The molecule has 110 valence electrons. The van der Waals surface area contributed by atoms with E-state index >= 15 is 0 Å². The molecule has 0 spiro atoms. The van der Waals surface area contributed by atoms with Crippen molar-refractivity contribution in [1.82, 2.24) is 5.32 Å². The molecule has 0 radical (unpaired) electrons. The maximum atomic E-state index is 11.5. The maximum Gasteiger partial charge on any atom is 0.305 e. The molecular formula is C16H29NO2. The zero-order chi connectivity index (χ0) is 13.8. The molecule has 3 nitrogen and oxygen atoms in total. The lowest BCUT2D eigenvalue weighted by molar-refractivity contribution is -0.143. The Morgan fingerprint density at radius 2 is 2.05 bits per heavy atom. The average Bonchev–Trinajstić information content (AvgIpc) is 2.41. The van der Waals surface area contributed by atoms with Gasteiger partial charge in [0.25, 0.3) is 0 Å². The molecule has 1 aliphatic heterocycles. The Hall–Kier alpha value is -0.830. The second-order valence-corrected chi connectivity index (χ2v) is 5.31. The van der Waals surface area contributed by atoms with Crippen LogP contribution in [0.25, 0.3) is 0 Å². The Labute approximate surface area is 117 Å². The highest BCUT2D eigenvalue weighted by atomic mass is 16.5. The summed E-state index contributed by atoms with van der Waals surface area (Å²) in [5.41, 5.74) is 0. The van der Waals surface area contributed by atoms with Crippen molar-refractivity contribution in [2.24, 2.45) is 0 Å². The normalized spacial score (nSPS) is 25.9. The third-order valence-corrected chi connectivity index (χ3v) is 3.53. The fourth-order valence-corrected chi connectivity index (χ4v) is 2.45. The molecule has 0 amide bonds. The summed E-state index contributed by atoms with van der Waals surface area (Å²) in [5.74, 6) is -0.0582. The van der Waals surface area contributed by atoms with Gasteiger partial charge in [0, 0.05) is 19.0 Å². The minimum atomic E-state index is -0.0582. The summed E-state index contributed by atoms with van der Waals surface area (Å²) < 4.78 is 5.22. The van der Waals surface area contributed by atoms with E-state index in [-0.39, 0.29) is 5.97 Å². The predicted octanol–water partition coefficient (Wildman–Crippen LogP) is 3.59. The van der Waals surface area contributed by atoms with Crippen LogP contribution in [0.15, 0.2) is 12.2 Å². The van der Waals surface area contributed by atoms with Gasteiger partial charge >= 0.3 is 5.97 Å². The monoisotopic (exact) mass is 267 g/mol. The van der Waals surface area contributed by atoms with Crippen LogP contribution in [0.3, 0.4) is 0 Å². The van der Waals surface area contributed by atoms with E-state index in [0.29, 0.717) is 19.1 Å². The Balaban J connectivity index is 2.35. The Morgan fingerprint density at radius 3 is 2.84 bits per heavy atom.